The van der Waals surface area contributed by atoms with E-state index < -0.39 is 0 Å². The lowest BCUT2D eigenvalue weighted by Crippen LogP contribution is -2.26. The van der Waals surface area contributed by atoms with Gasteiger partial charge in [-0.2, -0.15) is 11.8 Å². The molecule has 2 rings (SSSR count). The Kier molecular flexibility index (Phi) is 6.73. The summed E-state index contributed by atoms with van der Waals surface area (Å²) in [7, 11) is 0. The number of aromatic nitrogens is 1. The minimum Gasteiger partial charge on any atom is -0.350 e. The summed E-state index contributed by atoms with van der Waals surface area (Å²) >= 11 is 9.36. The molecule has 1 aromatic carbocycles. The van der Waals surface area contributed by atoms with Gasteiger partial charge in [0.15, 0.2) is 0 Å². The van der Waals surface area contributed by atoms with Gasteiger partial charge in [0.05, 0.1) is 16.7 Å². The maximum Gasteiger partial charge on any atom is 0.221 e. The van der Waals surface area contributed by atoms with E-state index in [0.29, 0.717) is 11.4 Å². The predicted molar refractivity (Wildman–Crippen MR) is 95.6 cm³/mol. The highest BCUT2D eigenvalue weighted by atomic mass is 35.5. The maximum absolute atomic E-state index is 12.0. The number of nitrogens with zero attached hydrogens (tertiary/aromatic N) is 1. The average Bonchev–Trinajstić information content (AvgIpc) is 2.89. The number of halogens is 1. The molecule has 1 atom stereocenters. The van der Waals surface area contributed by atoms with E-state index in [0.717, 1.165) is 27.8 Å². The monoisotopic (exact) mass is 354 g/mol. The molecule has 0 unspecified atom stereocenters. The molecule has 0 saturated heterocycles. The van der Waals surface area contributed by atoms with Crippen LogP contribution in [0.4, 0.5) is 0 Å². The highest BCUT2D eigenvalue weighted by Gasteiger charge is 2.10. The van der Waals surface area contributed by atoms with Gasteiger partial charge in [-0.3, -0.25) is 4.79 Å². The first-order valence-corrected chi connectivity index (χ1v) is 9.49. The number of rotatable bonds is 7. The normalized spacial score (nSPS) is 12.1. The Morgan fingerprint density at radius 1 is 1.50 bits per heavy atom. The van der Waals surface area contributed by atoms with Crippen molar-refractivity contribution < 1.29 is 4.79 Å². The van der Waals surface area contributed by atoms with Crippen LogP contribution >= 0.6 is 34.7 Å². The minimum atomic E-state index is -0.0302. The second-order valence-electron chi connectivity index (χ2n) is 5.00. The van der Waals surface area contributed by atoms with E-state index in [4.69, 9.17) is 11.6 Å². The van der Waals surface area contributed by atoms with Crippen molar-refractivity contribution in [2.75, 3.05) is 5.75 Å². The van der Waals surface area contributed by atoms with Gasteiger partial charge in [-0.05, 0) is 31.5 Å². The average molecular weight is 355 g/mol. The molecular weight excluding hydrogens is 336 g/mol. The number of hydrogen-bond donors (Lipinski definition) is 1. The number of benzene rings is 1. The lowest BCUT2D eigenvalue weighted by Gasteiger charge is -2.14. The topological polar surface area (TPSA) is 42.0 Å². The van der Waals surface area contributed by atoms with E-state index in [1.165, 1.54) is 0 Å². The number of carbonyl (C=O) groups excluding carboxylic acids is 1. The van der Waals surface area contributed by atoms with Gasteiger partial charge in [0.25, 0.3) is 0 Å². The zero-order chi connectivity index (χ0) is 15.9. The van der Waals surface area contributed by atoms with Crippen molar-refractivity contribution >= 4 is 40.6 Å². The van der Waals surface area contributed by atoms with Gasteiger partial charge in [0, 0.05) is 28.3 Å². The van der Waals surface area contributed by atoms with Gasteiger partial charge in [0.1, 0.15) is 0 Å². The fourth-order valence-corrected chi connectivity index (χ4v) is 3.74. The van der Waals surface area contributed by atoms with E-state index >= 15 is 0 Å². The van der Waals surface area contributed by atoms with Crippen LogP contribution in [0.3, 0.4) is 0 Å². The van der Waals surface area contributed by atoms with E-state index in [9.17, 15) is 4.79 Å². The van der Waals surface area contributed by atoms with Crippen LogP contribution in [0.5, 0.6) is 0 Å². The molecule has 2 aromatic rings. The van der Waals surface area contributed by atoms with Gasteiger partial charge < -0.3 is 5.32 Å². The SMILES string of the molecule is Cc1nc(CSCCC(=O)N[C@@H](C)c2cccc(Cl)c2)cs1. The number of carbonyl (C=O) groups is 1. The number of amides is 1. The quantitative estimate of drug-likeness (QED) is 0.738. The number of aryl methyl sites for hydroxylation is 1. The van der Waals surface area contributed by atoms with Crippen LogP contribution in [0.1, 0.15) is 35.7 Å². The summed E-state index contributed by atoms with van der Waals surface area (Å²) in [5.74, 6) is 1.72. The summed E-state index contributed by atoms with van der Waals surface area (Å²) in [6.45, 7) is 3.97. The molecule has 0 radical (unpaired) electrons. The van der Waals surface area contributed by atoms with Gasteiger partial charge >= 0.3 is 0 Å². The first-order valence-electron chi connectivity index (χ1n) is 7.08. The Balaban J connectivity index is 1.69. The first-order chi connectivity index (χ1) is 10.5. The summed E-state index contributed by atoms with van der Waals surface area (Å²) < 4.78 is 0. The van der Waals surface area contributed by atoms with Crippen LogP contribution in [-0.2, 0) is 10.5 Å². The molecule has 1 N–H and O–H groups in total. The molecule has 118 valence electrons. The number of thioether (sulfide) groups is 1. The maximum atomic E-state index is 12.0. The molecule has 0 aliphatic heterocycles. The fourth-order valence-electron chi connectivity index (χ4n) is 1.99. The molecule has 0 saturated carbocycles. The zero-order valence-electron chi connectivity index (χ0n) is 12.6. The number of nitrogens with one attached hydrogen (secondary N) is 1. The van der Waals surface area contributed by atoms with Gasteiger partial charge in [-0.1, -0.05) is 23.7 Å². The molecule has 3 nitrogen and oxygen atoms in total. The molecule has 1 amide bonds. The Hall–Kier alpha value is -1.04. The molecule has 0 bridgehead atoms. The molecule has 6 heteroatoms. The second kappa shape index (κ2) is 8.56. The Morgan fingerprint density at radius 3 is 3.00 bits per heavy atom. The molecule has 0 aliphatic rings. The highest BCUT2D eigenvalue weighted by molar-refractivity contribution is 7.98. The minimum absolute atomic E-state index is 0.0302. The van der Waals surface area contributed by atoms with Crippen LogP contribution in [-0.4, -0.2) is 16.6 Å². The smallest absolute Gasteiger partial charge is 0.221 e. The van der Waals surface area contributed by atoms with Gasteiger partial charge in [0.2, 0.25) is 5.91 Å². The third-order valence-electron chi connectivity index (χ3n) is 3.12. The third kappa shape index (κ3) is 5.63. The van der Waals surface area contributed by atoms with E-state index in [1.54, 1.807) is 23.1 Å². The predicted octanol–water partition coefficient (Wildman–Crippen LogP) is 4.61. The lowest BCUT2D eigenvalue weighted by molar-refractivity contribution is -0.121. The Morgan fingerprint density at radius 2 is 2.32 bits per heavy atom. The van der Waals surface area contributed by atoms with Gasteiger partial charge in [-0.15, -0.1) is 11.3 Å². The molecule has 22 heavy (non-hydrogen) atoms. The number of hydrogen-bond acceptors (Lipinski definition) is 4. The third-order valence-corrected chi connectivity index (χ3v) is 5.17. The molecule has 1 heterocycles. The highest BCUT2D eigenvalue weighted by Crippen LogP contribution is 2.18. The van der Waals surface area contributed by atoms with Crippen LogP contribution in [0.15, 0.2) is 29.6 Å². The summed E-state index contributed by atoms with van der Waals surface area (Å²) in [6.07, 6.45) is 0.513. The molecule has 0 aliphatic carbocycles. The largest absolute Gasteiger partial charge is 0.350 e. The lowest BCUT2D eigenvalue weighted by atomic mass is 10.1. The van der Waals surface area contributed by atoms with Crippen LogP contribution in [0, 0.1) is 6.92 Å². The molecule has 0 spiro atoms. The van der Waals surface area contributed by atoms with Crippen LogP contribution in [0.2, 0.25) is 5.02 Å². The zero-order valence-corrected chi connectivity index (χ0v) is 15.0. The summed E-state index contributed by atoms with van der Waals surface area (Å²) in [4.78, 5) is 16.4. The second-order valence-corrected chi connectivity index (χ2v) is 7.61. The molecular formula is C16H19ClN2OS2. The molecule has 1 aromatic heterocycles. The van der Waals surface area contributed by atoms with Crippen LogP contribution < -0.4 is 5.32 Å². The van der Waals surface area contributed by atoms with Crippen molar-refractivity contribution in [3.05, 3.63) is 50.9 Å². The van der Waals surface area contributed by atoms with E-state index in [2.05, 4.69) is 15.7 Å². The van der Waals surface area contributed by atoms with Crippen molar-refractivity contribution in [1.29, 1.82) is 0 Å². The number of thiazole rings is 1. The van der Waals surface area contributed by atoms with Crippen LogP contribution in [0.25, 0.3) is 0 Å². The van der Waals surface area contributed by atoms with Crippen molar-refractivity contribution in [3.63, 3.8) is 0 Å². The van der Waals surface area contributed by atoms with Crippen molar-refractivity contribution in [2.24, 2.45) is 0 Å². The summed E-state index contributed by atoms with van der Waals surface area (Å²) in [6, 6.07) is 7.54. The van der Waals surface area contributed by atoms with E-state index in [1.807, 2.05) is 38.1 Å². The van der Waals surface area contributed by atoms with Crippen molar-refractivity contribution in [3.8, 4) is 0 Å². The Labute approximate surface area is 144 Å². The Bertz CT molecular complexity index is 630. The van der Waals surface area contributed by atoms with Crippen molar-refractivity contribution in [2.45, 2.75) is 32.1 Å². The summed E-state index contributed by atoms with van der Waals surface area (Å²) in [5, 5.41) is 6.85. The first kappa shape index (κ1) is 17.3. The van der Waals surface area contributed by atoms with E-state index in [-0.39, 0.29) is 11.9 Å². The van der Waals surface area contributed by atoms with Crippen molar-refractivity contribution in [1.82, 2.24) is 10.3 Å². The fraction of sp³-hybridized carbons (Fsp3) is 0.375. The standard InChI is InChI=1S/C16H19ClN2OS2/c1-11(13-4-3-5-14(17)8-13)18-16(20)6-7-21-9-15-10-22-12(2)19-15/h3-5,8,10-11H,6-7,9H2,1-2H3,(H,18,20)/t11-/m0/s1. The summed E-state index contributed by atoms with van der Waals surface area (Å²) in [5.41, 5.74) is 2.12. The molecule has 0 fully saturated rings. The van der Waals surface area contributed by atoms with Gasteiger partial charge in [-0.25, -0.2) is 4.98 Å².